The molecule has 32 heavy (non-hydrogen) atoms. The van der Waals surface area contributed by atoms with E-state index < -0.39 is 17.8 Å². The molecule has 0 aromatic carbocycles. The maximum absolute atomic E-state index is 13.2. The van der Waals surface area contributed by atoms with Crippen LogP contribution in [0.15, 0.2) is 54.3 Å². The first kappa shape index (κ1) is 21.2. The van der Waals surface area contributed by atoms with Crippen molar-refractivity contribution in [3.05, 3.63) is 65.7 Å². The van der Waals surface area contributed by atoms with E-state index in [0.717, 1.165) is 6.07 Å². The number of nitrogens with zero attached hydrogens (tertiary/aromatic N) is 4. The van der Waals surface area contributed by atoms with Gasteiger partial charge in [-0.3, -0.25) is 9.78 Å². The Labute approximate surface area is 183 Å². The summed E-state index contributed by atoms with van der Waals surface area (Å²) in [6.07, 6.45) is -0.396. The zero-order chi connectivity index (χ0) is 22.9. The van der Waals surface area contributed by atoms with Gasteiger partial charge in [0.1, 0.15) is 16.5 Å². The topological polar surface area (TPSA) is 133 Å². The molecule has 0 saturated carbocycles. The van der Waals surface area contributed by atoms with Crippen LogP contribution in [0.25, 0.3) is 21.8 Å². The second-order valence-corrected chi connectivity index (χ2v) is 7.41. The molecule has 4 rings (SSSR count). The van der Waals surface area contributed by atoms with E-state index in [9.17, 15) is 18.0 Å². The van der Waals surface area contributed by atoms with Gasteiger partial charge in [0.15, 0.2) is 5.69 Å². The minimum Gasteiger partial charge on any atom is -0.397 e. The number of nitrogens with two attached hydrogens (primary N) is 2. The number of thiazole rings is 1. The van der Waals surface area contributed by atoms with E-state index in [1.807, 2.05) is 0 Å². The Morgan fingerprint density at radius 2 is 1.88 bits per heavy atom. The van der Waals surface area contributed by atoms with Crippen LogP contribution in [0.3, 0.4) is 0 Å². The van der Waals surface area contributed by atoms with E-state index >= 15 is 0 Å². The van der Waals surface area contributed by atoms with Crippen LogP contribution in [0, 0.1) is 0 Å². The lowest BCUT2D eigenvalue weighted by Gasteiger charge is -2.14. The smallest absolute Gasteiger partial charge is 0.397 e. The third-order valence-corrected chi connectivity index (χ3v) is 5.10. The first-order valence-electron chi connectivity index (χ1n) is 8.99. The number of nitrogens with one attached hydrogen (secondary N) is 1. The molecule has 162 valence electrons. The van der Waals surface area contributed by atoms with Crippen molar-refractivity contribution in [2.45, 2.75) is 6.18 Å². The SMILES string of the molecule is Nc1cc(-c2ccncc2NC(=O)c2nc(-c3nccs3)ccc2N)cc(C(F)(F)F)n1. The number of alkyl halides is 3. The molecule has 0 aliphatic heterocycles. The third-order valence-electron chi connectivity index (χ3n) is 4.31. The lowest BCUT2D eigenvalue weighted by Crippen LogP contribution is -2.17. The lowest BCUT2D eigenvalue weighted by molar-refractivity contribution is -0.141. The van der Waals surface area contributed by atoms with Crippen molar-refractivity contribution in [1.29, 1.82) is 0 Å². The van der Waals surface area contributed by atoms with E-state index in [-0.39, 0.29) is 34.0 Å². The minimum atomic E-state index is -4.69. The van der Waals surface area contributed by atoms with Gasteiger partial charge in [0.2, 0.25) is 0 Å². The molecule has 8 nitrogen and oxygen atoms in total. The van der Waals surface area contributed by atoms with E-state index in [1.165, 1.54) is 41.9 Å². The molecule has 12 heteroatoms. The molecule has 0 unspecified atom stereocenters. The summed E-state index contributed by atoms with van der Waals surface area (Å²) < 4.78 is 39.5. The Hall–Kier alpha value is -4.06. The standard InChI is InChI=1S/C20H14F3N7OS/c21-20(22,23)15-7-10(8-16(25)30-15)11-3-4-26-9-14(11)29-18(31)17-12(24)1-2-13(28-17)19-27-5-6-32-19/h1-9H,24H2,(H2,25,30)(H,29,31). The summed E-state index contributed by atoms with van der Waals surface area (Å²) in [4.78, 5) is 28.6. The molecule has 0 atom stereocenters. The third kappa shape index (κ3) is 4.34. The number of nitrogen functional groups attached to an aromatic ring is 2. The molecule has 4 aromatic heterocycles. The number of carbonyl (C=O) groups is 1. The average Bonchev–Trinajstić information content (AvgIpc) is 3.28. The summed E-state index contributed by atoms with van der Waals surface area (Å²) >= 11 is 1.34. The van der Waals surface area contributed by atoms with Crippen LogP contribution in [0.1, 0.15) is 16.2 Å². The van der Waals surface area contributed by atoms with Crippen molar-refractivity contribution in [3.8, 4) is 21.8 Å². The van der Waals surface area contributed by atoms with Gasteiger partial charge in [-0.15, -0.1) is 11.3 Å². The summed E-state index contributed by atoms with van der Waals surface area (Å²) in [5.41, 5.74) is 11.4. The number of carbonyl (C=O) groups excluding carboxylic acids is 1. The molecule has 0 aliphatic rings. The molecule has 5 N–H and O–H groups in total. The number of aromatic nitrogens is 4. The molecular weight excluding hydrogens is 443 g/mol. The Kier molecular flexibility index (Phi) is 5.45. The number of amides is 1. The number of halogens is 3. The molecule has 4 aromatic rings. The quantitative estimate of drug-likeness (QED) is 0.420. The van der Waals surface area contributed by atoms with Gasteiger partial charge in [-0.2, -0.15) is 13.2 Å². The molecule has 0 fully saturated rings. The fourth-order valence-electron chi connectivity index (χ4n) is 2.90. The minimum absolute atomic E-state index is 0.0577. The van der Waals surface area contributed by atoms with Crippen molar-refractivity contribution in [2.75, 3.05) is 16.8 Å². The first-order valence-corrected chi connectivity index (χ1v) is 9.87. The van der Waals surface area contributed by atoms with Crippen molar-refractivity contribution < 1.29 is 18.0 Å². The van der Waals surface area contributed by atoms with Crippen molar-refractivity contribution in [3.63, 3.8) is 0 Å². The summed E-state index contributed by atoms with van der Waals surface area (Å²) in [5.74, 6) is -0.973. The highest BCUT2D eigenvalue weighted by Gasteiger charge is 2.33. The molecule has 0 radical (unpaired) electrons. The zero-order valence-corrected chi connectivity index (χ0v) is 16.9. The van der Waals surface area contributed by atoms with Crippen LogP contribution in [-0.2, 0) is 6.18 Å². The second kappa shape index (κ2) is 8.23. The number of anilines is 3. The fraction of sp³-hybridized carbons (Fsp3) is 0.0500. The highest BCUT2D eigenvalue weighted by molar-refractivity contribution is 7.13. The number of hydrogen-bond acceptors (Lipinski definition) is 8. The number of hydrogen-bond donors (Lipinski definition) is 3. The van der Waals surface area contributed by atoms with Crippen LogP contribution in [0.2, 0.25) is 0 Å². The van der Waals surface area contributed by atoms with Crippen molar-refractivity contribution >= 4 is 34.4 Å². The number of rotatable bonds is 4. The Balaban J connectivity index is 1.70. The molecule has 0 spiro atoms. The summed E-state index contributed by atoms with van der Waals surface area (Å²) in [5, 5.41) is 4.99. The van der Waals surface area contributed by atoms with Gasteiger partial charge in [-0.1, -0.05) is 0 Å². The van der Waals surface area contributed by atoms with E-state index in [1.54, 1.807) is 17.6 Å². The largest absolute Gasteiger partial charge is 0.433 e. The second-order valence-electron chi connectivity index (χ2n) is 6.51. The van der Waals surface area contributed by atoms with E-state index in [2.05, 4.69) is 25.3 Å². The molecule has 1 amide bonds. The Morgan fingerprint density at radius 1 is 1.06 bits per heavy atom. The summed E-state index contributed by atoms with van der Waals surface area (Å²) in [6.45, 7) is 0. The van der Waals surface area contributed by atoms with Gasteiger partial charge < -0.3 is 16.8 Å². The normalized spacial score (nSPS) is 11.3. The van der Waals surface area contributed by atoms with E-state index in [0.29, 0.717) is 10.7 Å². The van der Waals surface area contributed by atoms with Crippen molar-refractivity contribution in [2.24, 2.45) is 0 Å². The summed E-state index contributed by atoms with van der Waals surface area (Å²) in [7, 11) is 0. The molecule has 4 heterocycles. The highest BCUT2D eigenvalue weighted by atomic mass is 32.1. The predicted octanol–water partition coefficient (Wildman–Crippen LogP) is 4.10. The Morgan fingerprint density at radius 3 is 2.59 bits per heavy atom. The first-order chi connectivity index (χ1) is 15.2. The van der Waals surface area contributed by atoms with Crippen molar-refractivity contribution in [1.82, 2.24) is 19.9 Å². The average molecular weight is 457 g/mol. The molecule has 0 bridgehead atoms. The zero-order valence-electron chi connectivity index (χ0n) is 16.1. The molecular formula is C20H14F3N7OS. The fourth-order valence-corrected chi connectivity index (χ4v) is 3.51. The molecule has 0 saturated heterocycles. The highest BCUT2D eigenvalue weighted by Crippen LogP contribution is 2.34. The van der Waals surface area contributed by atoms with Crippen LogP contribution in [0.5, 0.6) is 0 Å². The maximum atomic E-state index is 13.2. The van der Waals surface area contributed by atoms with E-state index in [4.69, 9.17) is 11.5 Å². The predicted molar refractivity (Wildman–Crippen MR) is 115 cm³/mol. The van der Waals surface area contributed by atoms with Gasteiger partial charge >= 0.3 is 6.18 Å². The lowest BCUT2D eigenvalue weighted by atomic mass is 10.0. The maximum Gasteiger partial charge on any atom is 0.433 e. The van der Waals surface area contributed by atoms with Gasteiger partial charge in [-0.25, -0.2) is 15.0 Å². The van der Waals surface area contributed by atoms with Gasteiger partial charge in [0.25, 0.3) is 5.91 Å². The van der Waals surface area contributed by atoms with Gasteiger partial charge in [0, 0.05) is 23.3 Å². The van der Waals surface area contributed by atoms with Gasteiger partial charge in [-0.05, 0) is 35.9 Å². The molecule has 0 aliphatic carbocycles. The number of pyridine rings is 3. The van der Waals surface area contributed by atoms with Crippen LogP contribution in [0.4, 0.5) is 30.4 Å². The van der Waals surface area contributed by atoms with Crippen LogP contribution in [-0.4, -0.2) is 25.8 Å². The Bertz CT molecular complexity index is 1290. The van der Waals surface area contributed by atoms with Crippen LogP contribution < -0.4 is 16.8 Å². The summed E-state index contributed by atoms with van der Waals surface area (Å²) in [6, 6.07) is 6.74. The van der Waals surface area contributed by atoms with Gasteiger partial charge in [0.05, 0.1) is 23.3 Å². The van der Waals surface area contributed by atoms with Crippen LogP contribution >= 0.6 is 11.3 Å². The monoisotopic (exact) mass is 457 g/mol.